The van der Waals surface area contributed by atoms with Gasteiger partial charge in [-0.25, -0.2) is 4.79 Å². The van der Waals surface area contributed by atoms with Crippen molar-refractivity contribution < 1.29 is 18.8 Å². The zero-order valence-corrected chi connectivity index (χ0v) is 16.9. The van der Waals surface area contributed by atoms with E-state index >= 15 is 0 Å². The lowest BCUT2D eigenvalue weighted by Crippen LogP contribution is -2.35. The molecular weight excluding hydrogens is 346 g/mol. The van der Waals surface area contributed by atoms with Gasteiger partial charge >= 0.3 is 6.09 Å². The van der Waals surface area contributed by atoms with E-state index in [1.165, 1.54) is 0 Å². The summed E-state index contributed by atoms with van der Waals surface area (Å²) in [6, 6.07) is 7.31. The molecule has 0 unspecified atom stereocenters. The second-order valence-electron chi connectivity index (χ2n) is 7.90. The Morgan fingerprint density at radius 2 is 1.89 bits per heavy atom. The van der Waals surface area contributed by atoms with E-state index in [4.69, 9.17) is 14.0 Å². The number of methoxy groups -OCH3 is 1. The zero-order chi connectivity index (χ0) is 20.0. The van der Waals surface area contributed by atoms with Gasteiger partial charge in [0, 0.05) is 6.42 Å². The predicted molar refractivity (Wildman–Crippen MR) is 102 cm³/mol. The van der Waals surface area contributed by atoms with E-state index in [0.717, 1.165) is 11.3 Å². The highest BCUT2D eigenvalue weighted by Gasteiger charge is 2.25. The lowest BCUT2D eigenvalue weighted by atomic mass is 10.0. The molecule has 0 aliphatic carbocycles. The molecule has 0 saturated carbocycles. The van der Waals surface area contributed by atoms with Gasteiger partial charge in [-0.15, -0.1) is 0 Å². The first-order valence-electron chi connectivity index (χ1n) is 9.11. The van der Waals surface area contributed by atoms with Gasteiger partial charge in [-0.3, -0.25) is 0 Å². The van der Waals surface area contributed by atoms with E-state index in [9.17, 15) is 4.79 Å². The maximum Gasteiger partial charge on any atom is 0.408 e. The van der Waals surface area contributed by atoms with E-state index < -0.39 is 17.7 Å². The highest BCUT2D eigenvalue weighted by molar-refractivity contribution is 5.68. The van der Waals surface area contributed by atoms with Crippen LogP contribution in [-0.4, -0.2) is 28.9 Å². The number of amides is 1. The normalized spacial score (nSPS) is 12.7. The van der Waals surface area contributed by atoms with Crippen LogP contribution in [0.2, 0.25) is 0 Å². The number of nitrogens with zero attached hydrogens (tertiary/aromatic N) is 2. The van der Waals surface area contributed by atoms with Gasteiger partial charge in [0.25, 0.3) is 0 Å². The number of ether oxygens (including phenoxy) is 2. The minimum atomic E-state index is -0.569. The van der Waals surface area contributed by atoms with Crippen LogP contribution in [0.15, 0.2) is 28.8 Å². The highest BCUT2D eigenvalue weighted by Crippen LogP contribution is 2.22. The van der Waals surface area contributed by atoms with Gasteiger partial charge in [0.1, 0.15) is 17.4 Å². The van der Waals surface area contributed by atoms with Gasteiger partial charge < -0.3 is 19.3 Å². The summed E-state index contributed by atoms with van der Waals surface area (Å²) in [6.07, 6.45) is 0.709. The van der Waals surface area contributed by atoms with Crippen LogP contribution in [0, 0.1) is 5.92 Å². The van der Waals surface area contributed by atoms with Crippen LogP contribution in [-0.2, 0) is 11.2 Å². The largest absolute Gasteiger partial charge is 0.497 e. The fourth-order valence-corrected chi connectivity index (χ4v) is 2.55. The van der Waals surface area contributed by atoms with Crippen molar-refractivity contribution in [3.63, 3.8) is 0 Å². The summed E-state index contributed by atoms with van der Waals surface area (Å²) in [7, 11) is 1.63. The van der Waals surface area contributed by atoms with Crippen molar-refractivity contribution in [2.75, 3.05) is 7.11 Å². The van der Waals surface area contributed by atoms with Crippen molar-refractivity contribution >= 4 is 6.09 Å². The summed E-state index contributed by atoms with van der Waals surface area (Å²) >= 11 is 0. The topological polar surface area (TPSA) is 86.5 Å². The molecular formula is C20H29N3O4. The van der Waals surface area contributed by atoms with Gasteiger partial charge in [-0.2, -0.15) is 4.98 Å². The smallest absolute Gasteiger partial charge is 0.408 e. The summed E-state index contributed by atoms with van der Waals surface area (Å²) < 4.78 is 15.9. The Kier molecular flexibility index (Phi) is 6.82. The highest BCUT2D eigenvalue weighted by atomic mass is 16.6. The molecule has 7 nitrogen and oxygen atoms in total. The van der Waals surface area contributed by atoms with E-state index in [1.54, 1.807) is 7.11 Å². The lowest BCUT2D eigenvalue weighted by Gasteiger charge is -2.22. The zero-order valence-electron chi connectivity index (χ0n) is 16.9. The number of alkyl carbamates (subject to hydrolysis) is 1. The van der Waals surface area contributed by atoms with Crippen molar-refractivity contribution in [2.45, 2.75) is 59.1 Å². The summed E-state index contributed by atoms with van der Waals surface area (Å²) in [6.45, 7) is 9.61. The van der Waals surface area contributed by atoms with Crippen LogP contribution in [0.4, 0.5) is 4.79 Å². The number of carbonyl (C=O) groups excluding carboxylic acids is 1. The summed E-state index contributed by atoms with van der Waals surface area (Å²) in [5.74, 6) is 2.08. The quantitative estimate of drug-likeness (QED) is 0.777. The molecule has 1 N–H and O–H groups in total. The van der Waals surface area contributed by atoms with E-state index in [-0.39, 0.29) is 0 Å². The van der Waals surface area contributed by atoms with Crippen molar-refractivity contribution in [3.05, 3.63) is 41.5 Å². The Bertz CT molecular complexity index is 732. The molecule has 1 heterocycles. The minimum absolute atomic E-state index is 0.335. The first-order valence-corrected chi connectivity index (χ1v) is 9.11. The molecule has 0 fully saturated rings. The molecule has 7 heteroatoms. The Morgan fingerprint density at radius 1 is 1.22 bits per heavy atom. The van der Waals surface area contributed by atoms with Crippen LogP contribution in [0.25, 0.3) is 0 Å². The van der Waals surface area contributed by atoms with Crippen molar-refractivity contribution in [2.24, 2.45) is 5.92 Å². The van der Waals surface area contributed by atoms with Gasteiger partial charge in [-0.05, 0) is 50.8 Å². The van der Waals surface area contributed by atoms with Crippen LogP contribution in [0.1, 0.15) is 64.4 Å². The van der Waals surface area contributed by atoms with E-state index in [0.29, 0.717) is 30.5 Å². The van der Waals surface area contributed by atoms with Crippen molar-refractivity contribution in [1.82, 2.24) is 15.5 Å². The Balaban J connectivity index is 2.08. The average Bonchev–Trinajstić information content (AvgIpc) is 3.01. The number of rotatable bonds is 7. The molecule has 1 aromatic carbocycles. The number of hydrogen-bond donors (Lipinski definition) is 1. The first kappa shape index (κ1) is 20.7. The Labute approximate surface area is 160 Å². The molecule has 0 saturated heterocycles. The van der Waals surface area contributed by atoms with Crippen molar-refractivity contribution in [1.29, 1.82) is 0 Å². The summed E-state index contributed by atoms with van der Waals surface area (Å²) in [4.78, 5) is 16.6. The molecule has 2 aromatic rings. The summed E-state index contributed by atoms with van der Waals surface area (Å²) in [5, 5.41) is 6.89. The SMILES string of the molecule is COc1ccc(Cc2noc([C@H](CC(C)C)NC(=O)OC(C)(C)C)n2)cc1. The number of benzene rings is 1. The first-order chi connectivity index (χ1) is 12.7. The molecule has 1 amide bonds. The molecule has 0 aliphatic rings. The van der Waals surface area contributed by atoms with Gasteiger partial charge in [-0.1, -0.05) is 31.1 Å². The second-order valence-corrected chi connectivity index (χ2v) is 7.90. The van der Waals surface area contributed by atoms with Gasteiger partial charge in [0.15, 0.2) is 5.82 Å². The van der Waals surface area contributed by atoms with E-state index in [1.807, 2.05) is 45.0 Å². The van der Waals surface area contributed by atoms with Gasteiger partial charge in [0.2, 0.25) is 5.89 Å². The Hall–Kier alpha value is -2.57. The molecule has 1 aromatic heterocycles. The second kappa shape index (κ2) is 8.88. The predicted octanol–water partition coefficient (Wildman–Crippen LogP) is 4.28. The minimum Gasteiger partial charge on any atom is -0.497 e. The number of aromatic nitrogens is 2. The molecule has 0 aliphatic heterocycles. The van der Waals surface area contributed by atoms with Crippen LogP contribution >= 0.6 is 0 Å². The third-order valence-electron chi connectivity index (χ3n) is 3.70. The number of nitrogens with one attached hydrogen (secondary N) is 1. The lowest BCUT2D eigenvalue weighted by molar-refractivity contribution is 0.0487. The van der Waals surface area contributed by atoms with E-state index in [2.05, 4.69) is 29.3 Å². The van der Waals surface area contributed by atoms with Gasteiger partial charge in [0.05, 0.1) is 7.11 Å². The van der Waals surface area contributed by atoms with Crippen molar-refractivity contribution in [3.8, 4) is 5.75 Å². The van der Waals surface area contributed by atoms with Crippen LogP contribution in [0.3, 0.4) is 0 Å². The number of hydrogen-bond acceptors (Lipinski definition) is 6. The maximum absolute atomic E-state index is 12.1. The average molecular weight is 375 g/mol. The third-order valence-corrected chi connectivity index (χ3v) is 3.70. The molecule has 148 valence electrons. The molecule has 0 bridgehead atoms. The van der Waals surface area contributed by atoms with Crippen LogP contribution in [0.5, 0.6) is 5.75 Å². The third kappa shape index (κ3) is 6.92. The fourth-order valence-electron chi connectivity index (χ4n) is 2.55. The monoisotopic (exact) mass is 375 g/mol. The van der Waals surface area contributed by atoms with Crippen LogP contribution < -0.4 is 10.1 Å². The Morgan fingerprint density at radius 3 is 2.44 bits per heavy atom. The molecule has 0 spiro atoms. The standard InChI is InChI=1S/C20H29N3O4/c1-13(2)11-16(21-19(24)26-20(3,4)5)18-22-17(23-27-18)12-14-7-9-15(25-6)10-8-14/h7-10,13,16H,11-12H2,1-6H3,(H,21,24)/t16-/m0/s1. The maximum atomic E-state index is 12.1. The summed E-state index contributed by atoms with van der Waals surface area (Å²) in [5.41, 5.74) is 0.476. The fraction of sp³-hybridized carbons (Fsp3) is 0.550. The molecule has 1 atom stereocenters. The molecule has 2 rings (SSSR count). The molecule has 0 radical (unpaired) electrons. The molecule has 27 heavy (non-hydrogen) atoms. The number of carbonyl (C=O) groups is 1.